The number of nitrogens with one attached hydrogen (secondary N) is 1. The third-order valence-corrected chi connectivity index (χ3v) is 2.11. The molecular weight excluding hydrogens is 279 g/mol. The Labute approximate surface area is 104 Å². The minimum atomic E-state index is -4.53. The summed E-state index contributed by atoms with van der Waals surface area (Å²) in [7, 11) is 1.12. The summed E-state index contributed by atoms with van der Waals surface area (Å²) in [6.07, 6.45) is -3.78. The Morgan fingerprint density at radius 3 is 2.67 bits per heavy atom. The van der Waals surface area contributed by atoms with Crippen molar-refractivity contribution in [2.75, 3.05) is 19.0 Å². The second kappa shape index (κ2) is 5.25. The van der Waals surface area contributed by atoms with Crippen molar-refractivity contribution in [3.63, 3.8) is 0 Å². The van der Waals surface area contributed by atoms with Gasteiger partial charge in [0.15, 0.2) is 16.6 Å². The van der Waals surface area contributed by atoms with Gasteiger partial charge in [-0.3, -0.25) is 10.1 Å². The molecule has 0 spiro atoms. The Morgan fingerprint density at radius 2 is 2.22 bits per heavy atom. The maximum absolute atomic E-state index is 12.1. The van der Waals surface area contributed by atoms with E-state index < -0.39 is 29.0 Å². The van der Waals surface area contributed by atoms with Crippen molar-refractivity contribution in [1.82, 2.24) is 4.98 Å². The largest absolute Gasteiger partial charge is 0.491 e. The summed E-state index contributed by atoms with van der Waals surface area (Å²) in [5.74, 6) is -0.310. The third kappa shape index (κ3) is 3.36. The maximum Gasteiger partial charge on any atom is 0.405 e. The Kier molecular flexibility index (Phi) is 4.17. The van der Waals surface area contributed by atoms with Crippen LogP contribution in [0.1, 0.15) is 0 Å². The Hall–Kier alpha value is -1.77. The second-order valence-electron chi connectivity index (χ2n) is 3.07. The van der Waals surface area contributed by atoms with E-state index in [1.165, 1.54) is 0 Å². The fourth-order valence-corrected chi connectivity index (χ4v) is 1.37. The van der Waals surface area contributed by atoms with Gasteiger partial charge in [0.05, 0.1) is 12.0 Å². The van der Waals surface area contributed by atoms with Crippen molar-refractivity contribution in [3.05, 3.63) is 21.5 Å². The third-order valence-electron chi connectivity index (χ3n) is 1.84. The number of rotatable bonds is 4. The first-order chi connectivity index (χ1) is 8.26. The van der Waals surface area contributed by atoms with Gasteiger partial charge in [0.2, 0.25) is 0 Å². The molecule has 100 valence electrons. The topological polar surface area (TPSA) is 77.3 Å². The molecule has 1 aromatic rings. The molecule has 0 unspecified atom stereocenters. The number of pyridine rings is 1. The molecule has 10 heteroatoms. The van der Waals surface area contributed by atoms with Gasteiger partial charge in [-0.2, -0.15) is 13.2 Å². The van der Waals surface area contributed by atoms with Crippen LogP contribution in [0.5, 0.6) is 5.75 Å². The van der Waals surface area contributed by atoms with Crippen molar-refractivity contribution >= 4 is 23.0 Å². The smallest absolute Gasteiger partial charge is 0.405 e. The minimum Gasteiger partial charge on any atom is -0.491 e. The van der Waals surface area contributed by atoms with Crippen molar-refractivity contribution in [1.29, 1.82) is 0 Å². The average Bonchev–Trinajstić information content (AvgIpc) is 2.24. The zero-order valence-electron chi connectivity index (χ0n) is 8.92. The highest BCUT2D eigenvalue weighted by Gasteiger charge is 2.30. The van der Waals surface area contributed by atoms with E-state index in [0.29, 0.717) is 0 Å². The van der Waals surface area contributed by atoms with Gasteiger partial charge < -0.3 is 10.1 Å². The van der Waals surface area contributed by atoms with Crippen LogP contribution in [0.3, 0.4) is 0 Å². The quantitative estimate of drug-likeness (QED) is 0.523. The number of methoxy groups -OCH3 is 1. The van der Waals surface area contributed by atoms with Gasteiger partial charge in [0, 0.05) is 0 Å². The van der Waals surface area contributed by atoms with Crippen molar-refractivity contribution < 1.29 is 22.8 Å². The van der Waals surface area contributed by atoms with E-state index >= 15 is 0 Å². The molecule has 1 rings (SSSR count). The molecule has 0 atom stereocenters. The lowest BCUT2D eigenvalue weighted by molar-refractivity contribution is -0.384. The van der Waals surface area contributed by atoms with E-state index in [9.17, 15) is 23.3 Å². The molecule has 1 aromatic heterocycles. The SMILES string of the molecule is COc1c(Cl)ncc([N+](=O)[O-])c1NCC(F)(F)F. The van der Waals surface area contributed by atoms with Gasteiger partial charge in [-0.05, 0) is 0 Å². The molecule has 0 aliphatic carbocycles. The lowest BCUT2D eigenvalue weighted by Gasteiger charge is -2.13. The fraction of sp³-hybridized carbons (Fsp3) is 0.375. The Morgan fingerprint density at radius 1 is 1.61 bits per heavy atom. The van der Waals surface area contributed by atoms with Crippen molar-refractivity contribution in [2.45, 2.75) is 6.18 Å². The zero-order valence-corrected chi connectivity index (χ0v) is 9.67. The Bertz CT molecular complexity index is 467. The van der Waals surface area contributed by atoms with Crippen molar-refractivity contribution in [3.8, 4) is 5.75 Å². The van der Waals surface area contributed by atoms with E-state index in [2.05, 4.69) is 4.98 Å². The van der Waals surface area contributed by atoms with Crippen LogP contribution in [0.25, 0.3) is 0 Å². The van der Waals surface area contributed by atoms with Crippen LogP contribution in [0.2, 0.25) is 5.15 Å². The molecule has 0 amide bonds. The summed E-state index contributed by atoms with van der Waals surface area (Å²) in [6, 6.07) is 0. The predicted molar refractivity (Wildman–Crippen MR) is 57.0 cm³/mol. The highest BCUT2D eigenvalue weighted by atomic mass is 35.5. The molecule has 0 aromatic carbocycles. The molecule has 0 bridgehead atoms. The average molecular weight is 286 g/mol. The Balaban J connectivity index is 3.19. The fourth-order valence-electron chi connectivity index (χ4n) is 1.14. The van der Waals surface area contributed by atoms with Crippen LogP contribution in [0, 0.1) is 10.1 Å². The first-order valence-electron chi connectivity index (χ1n) is 4.43. The van der Waals surface area contributed by atoms with Crippen LogP contribution in [0.4, 0.5) is 24.5 Å². The van der Waals surface area contributed by atoms with Crippen molar-refractivity contribution in [2.24, 2.45) is 0 Å². The first-order valence-corrected chi connectivity index (χ1v) is 4.81. The number of ether oxygens (including phenoxy) is 1. The van der Waals surface area contributed by atoms with E-state index in [4.69, 9.17) is 16.3 Å². The number of hydrogen-bond donors (Lipinski definition) is 1. The van der Waals surface area contributed by atoms with Crippen LogP contribution in [-0.2, 0) is 0 Å². The molecule has 0 radical (unpaired) electrons. The number of anilines is 1. The number of alkyl halides is 3. The lowest BCUT2D eigenvalue weighted by Crippen LogP contribution is -2.22. The zero-order chi connectivity index (χ0) is 13.9. The molecule has 6 nitrogen and oxygen atoms in total. The van der Waals surface area contributed by atoms with Gasteiger partial charge in [-0.1, -0.05) is 11.6 Å². The monoisotopic (exact) mass is 285 g/mol. The lowest BCUT2D eigenvalue weighted by atomic mass is 10.3. The minimum absolute atomic E-state index is 0.271. The molecule has 1 heterocycles. The number of hydrogen-bond acceptors (Lipinski definition) is 5. The van der Waals surface area contributed by atoms with Gasteiger partial charge in [-0.15, -0.1) is 0 Å². The second-order valence-corrected chi connectivity index (χ2v) is 3.43. The van der Waals surface area contributed by atoms with E-state index in [1.807, 2.05) is 5.32 Å². The summed E-state index contributed by atoms with van der Waals surface area (Å²) in [4.78, 5) is 13.2. The number of nitro groups is 1. The predicted octanol–water partition coefficient (Wildman–Crippen LogP) is 2.63. The molecule has 0 fully saturated rings. The molecular formula is C8H7ClF3N3O3. The first kappa shape index (κ1) is 14.3. The van der Waals surface area contributed by atoms with E-state index in [0.717, 1.165) is 13.3 Å². The normalized spacial score (nSPS) is 11.2. The van der Waals surface area contributed by atoms with Crippen LogP contribution >= 0.6 is 11.6 Å². The molecule has 0 saturated carbocycles. The summed E-state index contributed by atoms with van der Waals surface area (Å²) < 4.78 is 41.0. The van der Waals surface area contributed by atoms with Gasteiger partial charge >= 0.3 is 11.9 Å². The standard InChI is InChI=1S/C8H7ClF3N3O3/c1-18-6-5(14-3-8(10,11)12)4(15(16)17)2-13-7(6)9/h2H,3H2,1H3,(H,13,14). The number of aromatic nitrogens is 1. The molecule has 0 aliphatic heterocycles. The molecule has 1 N–H and O–H groups in total. The number of nitrogens with zero attached hydrogens (tertiary/aromatic N) is 2. The van der Waals surface area contributed by atoms with Gasteiger partial charge in [0.1, 0.15) is 12.7 Å². The summed E-state index contributed by atoms with van der Waals surface area (Å²) in [5, 5.41) is 12.3. The summed E-state index contributed by atoms with van der Waals surface area (Å²) in [6.45, 7) is -1.45. The summed E-state index contributed by atoms with van der Waals surface area (Å²) >= 11 is 5.58. The molecule has 0 saturated heterocycles. The highest BCUT2D eigenvalue weighted by Crippen LogP contribution is 2.38. The summed E-state index contributed by atoms with van der Waals surface area (Å²) in [5.41, 5.74) is -1.11. The molecule has 0 aliphatic rings. The maximum atomic E-state index is 12.1. The van der Waals surface area contributed by atoms with Crippen LogP contribution in [0.15, 0.2) is 6.20 Å². The van der Waals surface area contributed by atoms with Gasteiger partial charge in [-0.25, -0.2) is 4.98 Å². The highest BCUT2D eigenvalue weighted by molar-refractivity contribution is 6.31. The van der Waals surface area contributed by atoms with E-state index in [-0.39, 0.29) is 10.9 Å². The van der Waals surface area contributed by atoms with Crippen LogP contribution in [-0.4, -0.2) is 29.7 Å². The molecule has 18 heavy (non-hydrogen) atoms. The van der Waals surface area contributed by atoms with Crippen LogP contribution < -0.4 is 10.1 Å². The van der Waals surface area contributed by atoms with Gasteiger partial charge in [0.25, 0.3) is 0 Å². The number of halogens is 4. The van der Waals surface area contributed by atoms with E-state index in [1.54, 1.807) is 0 Å².